The van der Waals surface area contributed by atoms with Crippen LogP contribution in [0, 0.1) is 6.92 Å². The first-order valence-electron chi connectivity index (χ1n) is 8.06. The van der Waals surface area contributed by atoms with Gasteiger partial charge >= 0.3 is 0 Å². The molecule has 3 rings (SSSR count). The van der Waals surface area contributed by atoms with Gasteiger partial charge in [0.1, 0.15) is 12.4 Å². The number of rotatable bonds is 6. The van der Waals surface area contributed by atoms with Crippen molar-refractivity contribution in [2.45, 2.75) is 33.3 Å². The third kappa shape index (κ3) is 4.06. The lowest BCUT2D eigenvalue weighted by Gasteiger charge is -2.13. The van der Waals surface area contributed by atoms with E-state index < -0.39 is 0 Å². The molecule has 0 saturated carbocycles. The molecular formula is C18H19N3O3S. The molecule has 1 aromatic carbocycles. The second-order valence-corrected chi connectivity index (χ2v) is 6.60. The van der Waals surface area contributed by atoms with E-state index in [1.54, 1.807) is 6.20 Å². The summed E-state index contributed by atoms with van der Waals surface area (Å²) in [5.41, 5.74) is 2.06. The molecule has 3 aromatic rings. The minimum Gasteiger partial charge on any atom is -0.485 e. The standard InChI is InChI=1S/C18H19N3O3S/c1-3-4-16(22)20-14-6-5-12(2)9-15(14)24-11-13-10-17(23)21-7-8-25-18(21)19-13/h5-10H,3-4,11H2,1-2H3,(H,20,22). The van der Waals surface area contributed by atoms with Gasteiger partial charge in [-0.3, -0.25) is 14.0 Å². The number of thiazole rings is 1. The van der Waals surface area contributed by atoms with Crippen LogP contribution in [0.1, 0.15) is 31.0 Å². The number of nitrogens with one attached hydrogen (secondary N) is 1. The van der Waals surface area contributed by atoms with Crippen molar-refractivity contribution in [3.63, 3.8) is 0 Å². The van der Waals surface area contributed by atoms with Crippen LogP contribution in [0.3, 0.4) is 0 Å². The summed E-state index contributed by atoms with van der Waals surface area (Å²) in [5, 5.41) is 4.68. The van der Waals surface area contributed by atoms with Gasteiger partial charge in [-0.25, -0.2) is 4.98 Å². The van der Waals surface area contributed by atoms with E-state index in [0.717, 1.165) is 12.0 Å². The summed E-state index contributed by atoms with van der Waals surface area (Å²) >= 11 is 1.40. The number of anilines is 1. The van der Waals surface area contributed by atoms with Crippen molar-refractivity contribution in [3.8, 4) is 5.75 Å². The van der Waals surface area contributed by atoms with Crippen molar-refractivity contribution in [1.29, 1.82) is 0 Å². The van der Waals surface area contributed by atoms with Crippen molar-refractivity contribution < 1.29 is 9.53 Å². The van der Waals surface area contributed by atoms with Gasteiger partial charge in [0.25, 0.3) is 5.56 Å². The molecule has 2 aromatic heterocycles. The van der Waals surface area contributed by atoms with E-state index in [1.807, 2.05) is 37.4 Å². The van der Waals surface area contributed by atoms with Gasteiger partial charge < -0.3 is 10.1 Å². The SMILES string of the molecule is CCCC(=O)Nc1ccc(C)cc1OCc1cc(=O)n2ccsc2n1. The first-order valence-corrected chi connectivity index (χ1v) is 8.94. The quantitative estimate of drug-likeness (QED) is 0.734. The van der Waals surface area contributed by atoms with Crippen LogP contribution >= 0.6 is 11.3 Å². The predicted octanol–water partition coefficient (Wildman–Crippen LogP) is 3.38. The fraction of sp³-hybridized carbons (Fsp3) is 0.278. The number of amides is 1. The number of fused-ring (bicyclic) bond motifs is 1. The molecule has 1 amide bonds. The molecule has 0 aliphatic heterocycles. The van der Waals surface area contributed by atoms with Gasteiger partial charge in [0, 0.05) is 24.1 Å². The van der Waals surface area contributed by atoms with Gasteiger partial charge in [0.2, 0.25) is 5.91 Å². The number of hydrogen-bond acceptors (Lipinski definition) is 5. The van der Waals surface area contributed by atoms with Crippen LogP contribution in [0.4, 0.5) is 5.69 Å². The molecule has 7 heteroatoms. The molecule has 0 fully saturated rings. The fourth-order valence-electron chi connectivity index (χ4n) is 2.41. The Morgan fingerprint density at radius 1 is 1.36 bits per heavy atom. The number of nitrogens with zero attached hydrogens (tertiary/aromatic N) is 2. The fourth-order valence-corrected chi connectivity index (χ4v) is 3.14. The zero-order chi connectivity index (χ0) is 17.8. The normalized spacial score (nSPS) is 10.8. The van der Waals surface area contributed by atoms with Crippen LogP contribution in [-0.4, -0.2) is 15.3 Å². The number of carbonyl (C=O) groups excluding carboxylic acids is 1. The summed E-state index contributed by atoms with van der Waals surface area (Å²) in [4.78, 5) is 28.9. The van der Waals surface area contributed by atoms with Crippen molar-refractivity contribution in [2.24, 2.45) is 0 Å². The minimum absolute atomic E-state index is 0.0485. The Bertz CT molecular complexity index is 962. The van der Waals surface area contributed by atoms with Crippen LogP contribution < -0.4 is 15.6 Å². The molecule has 0 atom stereocenters. The lowest BCUT2D eigenvalue weighted by atomic mass is 10.2. The Kier molecular flexibility index (Phi) is 5.14. The maximum atomic E-state index is 12.0. The second kappa shape index (κ2) is 7.48. The monoisotopic (exact) mass is 357 g/mol. The first-order chi connectivity index (χ1) is 12.1. The van der Waals surface area contributed by atoms with Crippen LogP contribution in [0.15, 0.2) is 40.6 Å². The van der Waals surface area contributed by atoms with Gasteiger partial charge in [-0.1, -0.05) is 13.0 Å². The second-order valence-electron chi connectivity index (χ2n) is 5.73. The summed E-state index contributed by atoms with van der Waals surface area (Å²) in [7, 11) is 0. The van der Waals surface area contributed by atoms with E-state index in [0.29, 0.717) is 28.5 Å². The molecule has 6 nitrogen and oxygen atoms in total. The van der Waals surface area contributed by atoms with Crippen LogP contribution in [0.25, 0.3) is 4.96 Å². The zero-order valence-corrected chi connectivity index (χ0v) is 14.9. The minimum atomic E-state index is -0.134. The number of aryl methyl sites for hydroxylation is 1. The average Bonchev–Trinajstić information content (AvgIpc) is 3.04. The largest absolute Gasteiger partial charge is 0.485 e. The average molecular weight is 357 g/mol. The molecule has 130 valence electrons. The summed E-state index contributed by atoms with van der Waals surface area (Å²) in [6.45, 7) is 4.06. The number of carbonyl (C=O) groups is 1. The van der Waals surface area contributed by atoms with Gasteiger partial charge in [0.05, 0.1) is 11.4 Å². The topological polar surface area (TPSA) is 72.7 Å². The molecule has 2 heterocycles. The predicted molar refractivity (Wildman–Crippen MR) is 98.4 cm³/mol. The highest BCUT2D eigenvalue weighted by Crippen LogP contribution is 2.26. The van der Waals surface area contributed by atoms with E-state index >= 15 is 0 Å². The highest BCUT2D eigenvalue weighted by Gasteiger charge is 2.10. The Morgan fingerprint density at radius 3 is 3.00 bits per heavy atom. The van der Waals surface area contributed by atoms with Gasteiger partial charge in [-0.05, 0) is 31.0 Å². The summed E-state index contributed by atoms with van der Waals surface area (Å²) in [6, 6.07) is 7.06. The van der Waals surface area contributed by atoms with E-state index in [9.17, 15) is 9.59 Å². The van der Waals surface area contributed by atoms with Crippen molar-refractivity contribution in [1.82, 2.24) is 9.38 Å². The van der Waals surface area contributed by atoms with Gasteiger partial charge in [-0.15, -0.1) is 11.3 Å². The summed E-state index contributed by atoms with van der Waals surface area (Å²) in [5.74, 6) is 0.519. The van der Waals surface area contributed by atoms with Crippen molar-refractivity contribution in [2.75, 3.05) is 5.32 Å². The Labute approximate surface area is 149 Å². The number of aromatic nitrogens is 2. The maximum absolute atomic E-state index is 12.0. The van der Waals surface area contributed by atoms with E-state index in [2.05, 4.69) is 10.3 Å². The molecule has 0 radical (unpaired) electrons. The van der Waals surface area contributed by atoms with E-state index in [4.69, 9.17) is 4.74 Å². The van der Waals surface area contributed by atoms with E-state index in [1.165, 1.54) is 21.8 Å². The third-order valence-electron chi connectivity index (χ3n) is 3.62. The smallest absolute Gasteiger partial charge is 0.258 e. The number of ether oxygens (including phenoxy) is 1. The Hall–Kier alpha value is -2.67. The molecule has 1 N–H and O–H groups in total. The zero-order valence-electron chi connectivity index (χ0n) is 14.1. The first kappa shape index (κ1) is 17.2. The van der Waals surface area contributed by atoms with Crippen LogP contribution in [0.2, 0.25) is 0 Å². The summed E-state index contributed by atoms with van der Waals surface area (Å²) < 4.78 is 7.34. The molecule has 0 spiro atoms. The lowest BCUT2D eigenvalue weighted by Crippen LogP contribution is -2.15. The Morgan fingerprint density at radius 2 is 2.20 bits per heavy atom. The number of benzene rings is 1. The van der Waals surface area contributed by atoms with Crippen molar-refractivity contribution in [3.05, 3.63) is 57.5 Å². The van der Waals surface area contributed by atoms with Crippen molar-refractivity contribution >= 4 is 27.9 Å². The van der Waals surface area contributed by atoms with Crippen LogP contribution in [-0.2, 0) is 11.4 Å². The van der Waals surface area contributed by atoms with Gasteiger partial charge in [0.15, 0.2) is 4.96 Å². The molecule has 0 aliphatic carbocycles. The van der Waals surface area contributed by atoms with Crippen LogP contribution in [0.5, 0.6) is 5.75 Å². The maximum Gasteiger partial charge on any atom is 0.258 e. The third-order valence-corrected chi connectivity index (χ3v) is 4.38. The van der Waals surface area contributed by atoms with E-state index in [-0.39, 0.29) is 18.1 Å². The molecule has 25 heavy (non-hydrogen) atoms. The molecular weight excluding hydrogens is 338 g/mol. The highest BCUT2D eigenvalue weighted by atomic mass is 32.1. The molecule has 0 saturated heterocycles. The lowest BCUT2D eigenvalue weighted by molar-refractivity contribution is -0.116. The van der Waals surface area contributed by atoms with Gasteiger partial charge in [-0.2, -0.15) is 0 Å². The molecule has 0 aliphatic rings. The highest BCUT2D eigenvalue weighted by molar-refractivity contribution is 7.15. The summed E-state index contributed by atoms with van der Waals surface area (Å²) in [6.07, 6.45) is 2.94. The molecule has 0 bridgehead atoms. The Balaban J connectivity index is 1.80. The number of hydrogen-bond donors (Lipinski definition) is 1. The molecule has 0 unspecified atom stereocenters.